The number of carbonyl (C=O) groups is 2. The maximum Gasteiger partial charge on any atom is 0.237 e. The molecule has 3 nitrogen and oxygen atoms in total. The van der Waals surface area contributed by atoms with Gasteiger partial charge >= 0.3 is 0 Å². The zero-order valence-corrected chi connectivity index (χ0v) is 19.6. The molecule has 0 spiro atoms. The van der Waals surface area contributed by atoms with Crippen molar-refractivity contribution in [3.05, 3.63) is 102 Å². The molecule has 0 radical (unpaired) electrons. The van der Waals surface area contributed by atoms with Crippen LogP contribution in [-0.4, -0.2) is 22.6 Å². The second-order valence-corrected chi connectivity index (χ2v) is 9.80. The van der Waals surface area contributed by atoms with Crippen molar-refractivity contribution in [2.45, 2.75) is 39.7 Å². The maximum atomic E-state index is 13.3. The summed E-state index contributed by atoms with van der Waals surface area (Å²) in [6, 6.07) is 28.7. The first-order chi connectivity index (χ1) is 15.8. The van der Waals surface area contributed by atoms with E-state index in [0.29, 0.717) is 12.8 Å². The van der Waals surface area contributed by atoms with E-state index in [1.54, 1.807) is 4.90 Å². The Hall–Kier alpha value is -3.46. The smallest absolute Gasteiger partial charge is 0.237 e. The number of carbonyl (C=O) groups excluding carboxylic acids is 2. The highest BCUT2D eigenvalue weighted by Gasteiger charge is 2.45. The van der Waals surface area contributed by atoms with Crippen molar-refractivity contribution in [1.82, 2.24) is 4.90 Å². The van der Waals surface area contributed by atoms with Crippen LogP contribution < -0.4 is 0 Å². The molecule has 0 saturated carbocycles. The Morgan fingerprint density at radius 3 is 2.06 bits per heavy atom. The summed E-state index contributed by atoms with van der Waals surface area (Å²) in [6.07, 6.45) is 5.08. The van der Waals surface area contributed by atoms with Gasteiger partial charge in [-0.05, 0) is 41.2 Å². The van der Waals surface area contributed by atoms with Crippen LogP contribution in [0.1, 0.15) is 38.3 Å². The van der Waals surface area contributed by atoms with E-state index in [1.165, 1.54) is 11.1 Å². The molecule has 0 aromatic heterocycles. The lowest BCUT2D eigenvalue weighted by Crippen LogP contribution is -2.34. The molecule has 1 aliphatic heterocycles. The quantitative estimate of drug-likeness (QED) is 0.419. The number of rotatable bonds is 6. The van der Waals surface area contributed by atoms with Crippen LogP contribution in [0.4, 0.5) is 0 Å². The molecule has 1 fully saturated rings. The molecule has 4 rings (SSSR count). The van der Waals surface area contributed by atoms with Crippen molar-refractivity contribution < 1.29 is 9.59 Å². The molecule has 1 amide bonds. The number of hydrogen-bond acceptors (Lipinski definition) is 2. The number of amides is 1. The summed E-state index contributed by atoms with van der Waals surface area (Å²) in [4.78, 5) is 28.1. The van der Waals surface area contributed by atoms with Crippen LogP contribution in [-0.2, 0) is 16.0 Å². The van der Waals surface area contributed by atoms with Crippen molar-refractivity contribution in [2.24, 2.45) is 11.3 Å². The van der Waals surface area contributed by atoms with E-state index in [0.717, 1.165) is 11.1 Å². The molecule has 1 aliphatic rings. The van der Waals surface area contributed by atoms with Crippen LogP contribution in [0.15, 0.2) is 91.1 Å². The van der Waals surface area contributed by atoms with Gasteiger partial charge in [0.25, 0.3) is 0 Å². The minimum absolute atomic E-state index is 0.0209. The number of Topliss-reactive ketones (excluding diaryl/α,β-unsaturated/α-hetero) is 1. The molecule has 1 unspecified atom stereocenters. The topological polar surface area (TPSA) is 37.4 Å². The number of ketones is 1. The zero-order valence-electron chi connectivity index (χ0n) is 19.6. The van der Waals surface area contributed by atoms with Crippen molar-refractivity contribution in [3.63, 3.8) is 0 Å². The van der Waals surface area contributed by atoms with Gasteiger partial charge in [0.2, 0.25) is 5.91 Å². The maximum absolute atomic E-state index is 13.3. The highest BCUT2D eigenvalue weighted by atomic mass is 16.2. The van der Waals surface area contributed by atoms with Gasteiger partial charge in [-0.25, -0.2) is 0 Å². The lowest BCUT2D eigenvalue weighted by atomic mass is 9.81. The SMILES string of the molecule is CC(C)(C)C(=O)C1C[C@@H](Cc2ccc(-c3ccccc3)cc2)N(/C=C/c2ccccc2)C1=O. The molecule has 3 heteroatoms. The molecule has 3 aromatic rings. The lowest BCUT2D eigenvalue weighted by molar-refractivity contribution is -0.139. The summed E-state index contributed by atoms with van der Waals surface area (Å²) in [5.74, 6) is -0.653. The van der Waals surface area contributed by atoms with E-state index < -0.39 is 11.3 Å². The number of nitrogens with zero attached hydrogens (tertiary/aromatic N) is 1. The van der Waals surface area contributed by atoms with E-state index >= 15 is 0 Å². The van der Waals surface area contributed by atoms with E-state index in [9.17, 15) is 9.59 Å². The van der Waals surface area contributed by atoms with Crippen LogP contribution in [0.2, 0.25) is 0 Å². The van der Waals surface area contributed by atoms with Crippen LogP contribution in [0.5, 0.6) is 0 Å². The highest BCUT2D eigenvalue weighted by Crippen LogP contribution is 2.34. The Labute approximate surface area is 196 Å². The normalized spacial score (nSPS) is 18.8. The van der Waals surface area contributed by atoms with Gasteiger partial charge in [-0.2, -0.15) is 0 Å². The largest absolute Gasteiger partial charge is 0.315 e. The van der Waals surface area contributed by atoms with Crippen molar-refractivity contribution in [3.8, 4) is 11.1 Å². The van der Waals surface area contributed by atoms with Gasteiger partial charge < -0.3 is 4.90 Å². The van der Waals surface area contributed by atoms with Gasteiger partial charge in [0, 0.05) is 17.7 Å². The summed E-state index contributed by atoms with van der Waals surface area (Å²) in [7, 11) is 0. The fourth-order valence-corrected chi connectivity index (χ4v) is 4.43. The second kappa shape index (κ2) is 9.58. The van der Waals surface area contributed by atoms with Gasteiger partial charge in [-0.1, -0.05) is 106 Å². The predicted molar refractivity (Wildman–Crippen MR) is 134 cm³/mol. The highest BCUT2D eigenvalue weighted by molar-refractivity contribution is 6.05. The molecule has 0 aliphatic carbocycles. The van der Waals surface area contributed by atoms with Gasteiger partial charge in [0.05, 0.1) is 5.92 Å². The summed E-state index contributed by atoms with van der Waals surface area (Å²) in [5, 5.41) is 0. The van der Waals surface area contributed by atoms with E-state index in [-0.39, 0.29) is 17.7 Å². The third-order valence-electron chi connectivity index (χ3n) is 6.27. The Bertz CT molecular complexity index is 1130. The molecule has 3 aromatic carbocycles. The zero-order chi connectivity index (χ0) is 23.4. The summed E-state index contributed by atoms with van der Waals surface area (Å²) in [6.45, 7) is 5.67. The monoisotopic (exact) mass is 437 g/mol. The number of hydrogen-bond donors (Lipinski definition) is 0. The fraction of sp³-hybridized carbons (Fsp3) is 0.267. The fourth-order valence-electron chi connectivity index (χ4n) is 4.43. The summed E-state index contributed by atoms with van der Waals surface area (Å²) >= 11 is 0. The molecule has 1 saturated heterocycles. The van der Waals surface area contributed by atoms with Crippen molar-refractivity contribution >= 4 is 17.8 Å². The molecule has 0 N–H and O–H groups in total. The lowest BCUT2D eigenvalue weighted by Gasteiger charge is -2.21. The van der Waals surface area contributed by atoms with E-state index in [4.69, 9.17) is 0 Å². The van der Waals surface area contributed by atoms with Gasteiger partial charge in [-0.3, -0.25) is 9.59 Å². The van der Waals surface area contributed by atoms with Crippen LogP contribution >= 0.6 is 0 Å². The molecule has 33 heavy (non-hydrogen) atoms. The van der Waals surface area contributed by atoms with Gasteiger partial charge in [0.15, 0.2) is 5.78 Å². The van der Waals surface area contributed by atoms with Gasteiger partial charge in [0.1, 0.15) is 0 Å². The Balaban J connectivity index is 1.57. The van der Waals surface area contributed by atoms with Crippen LogP contribution in [0, 0.1) is 11.3 Å². The third-order valence-corrected chi connectivity index (χ3v) is 6.27. The first-order valence-corrected chi connectivity index (χ1v) is 11.6. The number of likely N-dealkylation sites (tertiary alicyclic amines) is 1. The van der Waals surface area contributed by atoms with E-state index in [1.807, 2.05) is 81.6 Å². The van der Waals surface area contributed by atoms with E-state index in [2.05, 4.69) is 36.4 Å². The Morgan fingerprint density at radius 2 is 1.45 bits per heavy atom. The predicted octanol–water partition coefficient (Wildman–Crippen LogP) is 6.40. The average molecular weight is 438 g/mol. The molecular weight excluding hydrogens is 406 g/mol. The van der Waals surface area contributed by atoms with Gasteiger partial charge in [-0.15, -0.1) is 0 Å². The molecule has 1 heterocycles. The van der Waals surface area contributed by atoms with Crippen molar-refractivity contribution in [1.29, 1.82) is 0 Å². The first-order valence-electron chi connectivity index (χ1n) is 11.6. The average Bonchev–Trinajstić information content (AvgIpc) is 3.13. The molecule has 0 bridgehead atoms. The Morgan fingerprint density at radius 1 is 0.879 bits per heavy atom. The third kappa shape index (κ3) is 5.31. The minimum atomic E-state index is -0.584. The first kappa shape index (κ1) is 22.7. The molecule has 168 valence electrons. The minimum Gasteiger partial charge on any atom is -0.315 e. The number of benzene rings is 3. The molecule has 2 atom stereocenters. The van der Waals surface area contributed by atoms with Crippen molar-refractivity contribution in [2.75, 3.05) is 0 Å². The van der Waals surface area contributed by atoms with Crippen LogP contribution in [0.25, 0.3) is 17.2 Å². The second-order valence-electron chi connectivity index (χ2n) is 9.80. The summed E-state index contributed by atoms with van der Waals surface area (Å²) < 4.78 is 0. The standard InChI is InChI=1S/C30H31NO2/c1-30(2,3)28(32)27-21-26(31(29(27)33)19-18-22-10-6-4-7-11-22)20-23-14-16-25(17-15-23)24-12-8-5-9-13-24/h4-19,26-27H,20-21H2,1-3H3/b19-18+/t26-,27?/m1/s1. The molecular formula is C30H31NO2. The summed E-state index contributed by atoms with van der Waals surface area (Å²) in [5.41, 5.74) is 4.00. The Kier molecular flexibility index (Phi) is 6.60. The van der Waals surface area contributed by atoms with Crippen LogP contribution in [0.3, 0.4) is 0 Å².